The van der Waals surface area contributed by atoms with E-state index in [1.807, 2.05) is 42.5 Å². The van der Waals surface area contributed by atoms with Crippen LogP contribution in [0.25, 0.3) is 34.5 Å². The van der Waals surface area contributed by atoms with Crippen molar-refractivity contribution in [2.45, 2.75) is 0 Å². The highest BCUT2D eigenvalue weighted by Crippen LogP contribution is 2.34. The number of imidazole rings is 1. The second-order valence-corrected chi connectivity index (χ2v) is 7.96. The normalized spacial score (nSPS) is 13.0. The quantitative estimate of drug-likeness (QED) is 0.365. The number of H-pyrrole nitrogens is 1. The lowest BCUT2D eigenvalue weighted by atomic mass is 10.0. The van der Waals surface area contributed by atoms with E-state index in [4.69, 9.17) is 32.7 Å². The van der Waals surface area contributed by atoms with Gasteiger partial charge < -0.3 is 14.5 Å². The third-order valence-corrected chi connectivity index (χ3v) is 5.58. The third kappa shape index (κ3) is 4.31. The highest BCUT2D eigenvalue weighted by molar-refractivity contribution is 6.36. The molecule has 2 heterocycles. The van der Waals surface area contributed by atoms with Crippen molar-refractivity contribution in [2.75, 3.05) is 13.2 Å². The zero-order valence-electron chi connectivity index (χ0n) is 16.4. The van der Waals surface area contributed by atoms with Crippen LogP contribution in [-0.2, 0) is 0 Å². The minimum Gasteiger partial charge on any atom is -0.486 e. The highest BCUT2D eigenvalue weighted by atomic mass is 35.5. The zero-order chi connectivity index (χ0) is 21.2. The van der Waals surface area contributed by atoms with E-state index in [1.54, 1.807) is 12.3 Å². The summed E-state index contributed by atoms with van der Waals surface area (Å²) >= 11 is 12.3. The molecule has 0 saturated heterocycles. The number of benzene rings is 3. The van der Waals surface area contributed by atoms with E-state index in [1.165, 1.54) is 0 Å². The number of hydrogen-bond donors (Lipinski definition) is 1. The van der Waals surface area contributed by atoms with Crippen LogP contribution in [0.3, 0.4) is 0 Å². The Labute approximate surface area is 190 Å². The number of aromatic nitrogens is 2. The first-order chi connectivity index (χ1) is 15.2. The van der Waals surface area contributed by atoms with E-state index in [-0.39, 0.29) is 0 Å². The van der Waals surface area contributed by atoms with E-state index >= 15 is 0 Å². The fraction of sp³-hybridized carbons (Fsp3) is 0.0800. The Bertz CT molecular complexity index is 1260. The molecular formula is C25H18Cl2N2O2. The summed E-state index contributed by atoms with van der Waals surface area (Å²) < 4.78 is 11.3. The van der Waals surface area contributed by atoms with Crippen molar-refractivity contribution in [1.29, 1.82) is 0 Å². The molecule has 5 rings (SSSR count). The molecule has 0 amide bonds. The van der Waals surface area contributed by atoms with Crippen LogP contribution >= 0.6 is 23.2 Å². The first kappa shape index (κ1) is 19.7. The molecular weight excluding hydrogens is 431 g/mol. The van der Waals surface area contributed by atoms with Crippen molar-refractivity contribution < 1.29 is 9.47 Å². The maximum absolute atomic E-state index is 6.29. The van der Waals surface area contributed by atoms with Gasteiger partial charge in [-0.25, -0.2) is 4.98 Å². The summed E-state index contributed by atoms with van der Waals surface area (Å²) in [5.74, 6) is 2.34. The van der Waals surface area contributed by atoms with Gasteiger partial charge in [0.25, 0.3) is 0 Å². The van der Waals surface area contributed by atoms with Gasteiger partial charge in [-0.2, -0.15) is 0 Å². The number of ether oxygens (including phenoxy) is 2. The monoisotopic (exact) mass is 448 g/mol. The zero-order valence-corrected chi connectivity index (χ0v) is 18.0. The van der Waals surface area contributed by atoms with Crippen LogP contribution in [-0.4, -0.2) is 23.2 Å². The first-order valence-corrected chi connectivity index (χ1v) is 10.6. The van der Waals surface area contributed by atoms with Gasteiger partial charge in [-0.15, -0.1) is 0 Å². The molecule has 31 heavy (non-hydrogen) atoms. The molecule has 1 aliphatic rings. The Kier molecular flexibility index (Phi) is 5.41. The van der Waals surface area contributed by atoms with Gasteiger partial charge in [0, 0.05) is 10.6 Å². The summed E-state index contributed by atoms with van der Waals surface area (Å²) in [5.41, 5.74) is 4.99. The van der Waals surface area contributed by atoms with Crippen LogP contribution in [0.1, 0.15) is 11.4 Å². The predicted molar refractivity (Wildman–Crippen MR) is 126 cm³/mol. The molecule has 1 aromatic heterocycles. The van der Waals surface area contributed by atoms with Crippen LogP contribution in [0.15, 0.2) is 66.9 Å². The van der Waals surface area contributed by atoms with E-state index in [0.29, 0.717) is 23.3 Å². The number of fused-ring (bicyclic) bond motifs is 1. The predicted octanol–water partition coefficient (Wildman–Crippen LogP) is 6.99. The Hall–Kier alpha value is -3.21. The SMILES string of the molecule is Clc1ccc(-c2cnc(/C=C/c3ccc(-c4ccc5c(c4)OCCO5)cc3)[nH]2)c(Cl)c1. The Balaban J connectivity index is 1.31. The van der Waals surface area contributed by atoms with Gasteiger partial charge in [-0.1, -0.05) is 59.6 Å². The summed E-state index contributed by atoms with van der Waals surface area (Å²) in [6.45, 7) is 1.18. The summed E-state index contributed by atoms with van der Waals surface area (Å²) in [6, 6.07) is 19.8. The topological polar surface area (TPSA) is 47.1 Å². The second-order valence-electron chi connectivity index (χ2n) is 7.12. The van der Waals surface area contributed by atoms with Crippen LogP contribution < -0.4 is 9.47 Å². The van der Waals surface area contributed by atoms with Crippen molar-refractivity contribution >= 4 is 35.4 Å². The van der Waals surface area contributed by atoms with Gasteiger partial charge in [-0.3, -0.25) is 0 Å². The van der Waals surface area contributed by atoms with Crippen molar-refractivity contribution in [2.24, 2.45) is 0 Å². The minimum absolute atomic E-state index is 0.582. The molecule has 3 aromatic carbocycles. The lowest BCUT2D eigenvalue weighted by molar-refractivity contribution is 0.171. The van der Waals surface area contributed by atoms with Crippen molar-refractivity contribution in [3.05, 3.63) is 88.3 Å². The van der Waals surface area contributed by atoms with Crippen LogP contribution in [0, 0.1) is 0 Å². The highest BCUT2D eigenvalue weighted by Gasteiger charge is 2.12. The molecule has 4 nitrogen and oxygen atoms in total. The molecule has 0 bridgehead atoms. The second kappa shape index (κ2) is 8.50. The molecule has 1 N–H and O–H groups in total. The van der Waals surface area contributed by atoms with Crippen LogP contribution in [0.5, 0.6) is 11.5 Å². The maximum atomic E-state index is 6.29. The van der Waals surface area contributed by atoms with E-state index in [0.717, 1.165) is 45.3 Å². The van der Waals surface area contributed by atoms with E-state index < -0.39 is 0 Å². The molecule has 0 unspecified atom stereocenters. The van der Waals surface area contributed by atoms with E-state index in [9.17, 15) is 0 Å². The molecule has 0 radical (unpaired) electrons. The van der Waals surface area contributed by atoms with E-state index in [2.05, 4.69) is 34.2 Å². The van der Waals surface area contributed by atoms with Crippen molar-refractivity contribution in [3.63, 3.8) is 0 Å². The fourth-order valence-corrected chi connectivity index (χ4v) is 3.96. The Morgan fingerprint density at radius 1 is 0.806 bits per heavy atom. The van der Waals surface area contributed by atoms with Gasteiger partial charge in [-0.05, 0) is 53.1 Å². The largest absolute Gasteiger partial charge is 0.486 e. The van der Waals surface area contributed by atoms with Crippen LogP contribution in [0.4, 0.5) is 0 Å². The summed E-state index contributed by atoms with van der Waals surface area (Å²) in [6.07, 6.45) is 5.71. The van der Waals surface area contributed by atoms with Gasteiger partial charge in [0.05, 0.1) is 16.9 Å². The molecule has 0 saturated carbocycles. The molecule has 0 aliphatic carbocycles. The minimum atomic E-state index is 0.582. The maximum Gasteiger partial charge on any atom is 0.161 e. The summed E-state index contributed by atoms with van der Waals surface area (Å²) in [5, 5.41) is 1.19. The average Bonchev–Trinajstić information content (AvgIpc) is 3.26. The van der Waals surface area contributed by atoms with Gasteiger partial charge in [0.15, 0.2) is 11.5 Å². The number of nitrogens with one attached hydrogen (secondary N) is 1. The van der Waals surface area contributed by atoms with Crippen molar-refractivity contribution in [3.8, 4) is 33.9 Å². The third-order valence-electron chi connectivity index (χ3n) is 5.04. The summed E-state index contributed by atoms with van der Waals surface area (Å²) in [7, 11) is 0. The molecule has 0 fully saturated rings. The molecule has 154 valence electrons. The number of rotatable bonds is 4. The first-order valence-electron chi connectivity index (χ1n) is 9.84. The lowest BCUT2D eigenvalue weighted by Crippen LogP contribution is -2.15. The number of hydrogen-bond acceptors (Lipinski definition) is 3. The molecule has 4 aromatic rings. The molecule has 6 heteroatoms. The Morgan fingerprint density at radius 2 is 1.58 bits per heavy atom. The lowest BCUT2D eigenvalue weighted by Gasteiger charge is -2.18. The van der Waals surface area contributed by atoms with Gasteiger partial charge in [0.1, 0.15) is 19.0 Å². The number of halogens is 2. The molecule has 0 atom stereocenters. The number of nitrogens with zero attached hydrogens (tertiary/aromatic N) is 1. The molecule has 1 aliphatic heterocycles. The van der Waals surface area contributed by atoms with Gasteiger partial charge >= 0.3 is 0 Å². The fourth-order valence-electron chi connectivity index (χ4n) is 3.45. The Morgan fingerprint density at radius 3 is 2.39 bits per heavy atom. The standard InChI is InChI=1S/C25H18Cl2N2O2/c26-19-7-8-20(21(27)14-19)22-15-28-25(29-22)10-3-16-1-4-17(5-2-16)18-6-9-23-24(13-18)31-12-11-30-23/h1-10,13-15H,11-12H2,(H,28,29)/b10-3+. The van der Waals surface area contributed by atoms with Crippen molar-refractivity contribution in [1.82, 2.24) is 9.97 Å². The smallest absolute Gasteiger partial charge is 0.161 e. The average molecular weight is 449 g/mol. The number of aromatic amines is 1. The molecule has 0 spiro atoms. The summed E-state index contributed by atoms with van der Waals surface area (Å²) in [4.78, 5) is 7.69. The van der Waals surface area contributed by atoms with Crippen LogP contribution in [0.2, 0.25) is 10.0 Å². The van der Waals surface area contributed by atoms with Gasteiger partial charge in [0.2, 0.25) is 0 Å².